The summed E-state index contributed by atoms with van der Waals surface area (Å²) < 4.78 is 5.71. The predicted octanol–water partition coefficient (Wildman–Crippen LogP) is 3.57. The van der Waals surface area contributed by atoms with Gasteiger partial charge in [-0.05, 0) is 48.1 Å². The molecule has 32 heavy (non-hydrogen) atoms. The number of carbonyl (C=O) groups excluding carboxylic acids is 3. The van der Waals surface area contributed by atoms with Crippen molar-refractivity contribution in [3.63, 3.8) is 0 Å². The highest BCUT2D eigenvalue weighted by Gasteiger charge is 2.49. The fourth-order valence-corrected chi connectivity index (χ4v) is 4.84. The van der Waals surface area contributed by atoms with E-state index in [0.29, 0.717) is 24.3 Å². The van der Waals surface area contributed by atoms with Gasteiger partial charge in [0.1, 0.15) is 5.75 Å². The van der Waals surface area contributed by atoms with Gasteiger partial charge in [-0.25, -0.2) is 0 Å². The van der Waals surface area contributed by atoms with Gasteiger partial charge in [-0.1, -0.05) is 45.1 Å². The summed E-state index contributed by atoms with van der Waals surface area (Å²) in [5, 5.41) is 2.80. The number of aryl methyl sites for hydroxylation is 1. The number of ketones is 1. The first-order chi connectivity index (χ1) is 15.3. The SMILES string of the molecule is CCCNC(=O)COc1ccc(C2C=CC=C3C(=O)N4C(=C32)CC(=O)C4C(C)C)cc1C. The smallest absolute Gasteiger partial charge is 0.259 e. The highest BCUT2D eigenvalue weighted by Crippen LogP contribution is 2.48. The van der Waals surface area contributed by atoms with Gasteiger partial charge >= 0.3 is 0 Å². The molecule has 3 aliphatic rings. The molecule has 1 N–H and O–H groups in total. The van der Waals surface area contributed by atoms with Crippen LogP contribution in [0.15, 0.2) is 53.3 Å². The van der Waals surface area contributed by atoms with E-state index < -0.39 is 0 Å². The summed E-state index contributed by atoms with van der Waals surface area (Å²) in [7, 11) is 0. The Kier molecular flexibility index (Phi) is 6.04. The van der Waals surface area contributed by atoms with E-state index in [2.05, 4.69) is 11.4 Å². The van der Waals surface area contributed by atoms with Gasteiger partial charge in [-0.3, -0.25) is 14.4 Å². The third-order valence-corrected chi connectivity index (χ3v) is 6.29. The molecule has 0 radical (unpaired) electrons. The normalized spacial score (nSPS) is 21.8. The molecule has 1 aromatic carbocycles. The number of nitrogens with one attached hydrogen (secondary N) is 1. The molecule has 2 unspecified atom stereocenters. The van der Waals surface area contributed by atoms with Gasteiger partial charge in [0.25, 0.3) is 11.8 Å². The molecule has 2 heterocycles. The predicted molar refractivity (Wildman–Crippen MR) is 122 cm³/mol. The van der Waals surface area contributed by atoms with Crippen molar-refractivity contribution in [1.29, 1.82) is 0 Å². The van der Waals surface area contributed by atoms with Gasteiger partial charge in [0, 0.05) is 30.2 Å². The van der Waals surface area contributed by atoms with Gasteiger partial charge in [-0.15, -0.1) is 0 Å². The van der Waals surface area contributed by atoms with Crippen LogP contribution in [-0.2, 0) is 14.4 Å². The lowest BCUT2D eigenvalue weighted by atomic mass is 9.82. The maximum atomic E-state index is 13.2. The van der Waals surface area contributed by atoms with Crippen LogP contribution in [0.4, 0.5) is 0 Å². The van der Waals surface area contributed by atoms with E-state index in [-0.39, 0.29) is 42.1 Å². The number of hydrogen-bond acceptors (Lipinski definition) is 4. The molecule has 2 atom stereocenters. The third kappa shape index (κ3) is 3.78. The Bertz CT molecular complexity index is 1060. The third-order valence-electron chi connectivity index (χ3n) is 6.29. The van der Waals surface area contributed by atoms with Crippen molar-refractivity contribution >= 4 is 17.6 Å². The maximum absolute atomic E-state index is 13.2. The number of nitrogens with zero attached hydrogens (tertiary/aromatic N) is 1. The Morgan fingerprint density at radius 3 is 2.75 bits per heavy atom. The van der Waals surface area contributed by atoms with Crippen molar-refractivity contribution in [2.75, 3.05) is 13.2 Å². The molecule has 168 valence electrons. The van der Waals surface area contributed by atoms with Crippen LogP contribution in [0.1, 0.15) is 50.7 Å². The standard InChI is InChI=1S/C26H30N2O4/c1-5-11-27-23(30)14-32-22-10-9-17(12-16(22)4)18-7-6-8-19-24(18)20-13-21(29)25(15(2)3)28(20)26(19)31/h6-10,12,15,18,25H,5,11,13-14H2,1-4H3,(H,27,30). The Morgan fingerprint density at radius 1 is 1.28 bits per heavy atom. The second-order valence-electron chi connectivity index (χ2n) is 8.97. The number of hydrogen-bond donors (Lipinski definition) is 1. The van der Waals surface area contributed by atoms with E-state index in [1.54, 1.807) is 4.90 Å². The fraction of sp³-hybridized carbons (Fsp3) is 0.423. The minimum Gasteiger partial charge on any atom is -0.484 e. The fourth-order valence-electron chi connectivity index (χ4n) is 4.84. The summed E-state index contributed by atoms with van der Waals surface area (Å²) in [6.45, 7) is 8.54. The zero-order valence-corrected chi connectivity index (χ0v) is 19.1. The second kappa shape index (κ2) is 8.77. The molecule has 1 aliphatic carbocycles. The molecule has 1 fully saturated rings. The van der Waals surface area contributed by atoms with Crippen molar-refractivity contribution in [2.24, 2.45) is 5.92 Å². The summed E-state index contributed by atoms with van der Waals surface area (Å²) in [4.78, 5) is 39.4. The molecule has 0 aromatic heterocycles. The first-order valence-corrected chi connectivity index (χ1v) is 11.3. The molecule has 1 saturated heterocycles. The Labute approximate surface area is 189 Å². The summed E-state index contributed by atoms with van der Waals surface area (Å²) in [5.41, 5.74) is 4.44. The van der Waals surface area contributed by atoms with Crippen molar-refractivity contribution in [3.8, 4) is 5.75 Å². The topological polar surface area (TPSA) is 75.7 Å². The van der Waals surface area contributed by atoms with Crippen LogP contribution in [-0.4, -0.2) is 41.7 Å². The number of ether oxygens (including phenoxy) is 1. The van der Waals surface area contributed by atoms with Gasteiger partial charge < -0.3 is 15.0 Å². The Balaban J connectivity index is 1.60. The van der Waals surface area contributed by atoms with Crippen LogP contribution in [0, 0.1) is 12.8 Å². The number of allylic oxidation sites excluding steroid dienone is 4. The van der Waals surface area contributed by atoms with Crippen LogP contribution in [0.3, 0.4) is 0 Å². The highest BCUT2D eigenvalue weighted by molar-refractivity contribution is 6.10. The van der Waals surface area contributed by atoms with Crippen LogP contribution < -0.4 is 10.1 Å². The largest absolute Gasteiger partial charge is 0.484 e. The zero-order valence-electron chi connectivity index (χ0n) is 19.1. The molecule has 6 nitrogen and oxygen atoms in total. The molecule has 4 rings (SSSR count). The Morgan fingerprint density at radius 2 is 2.06 bits per heavy atom. The van der Waals surface area contributed by atoms with Crippen molar-refractivity contribution in [1.82, 2.24) is 10.2 Å². The molecule has 0 saturated carbocycles. The number of Topliss-reactive ketones (excluding diaryl/α,β-unsaturated/α-hetero) is 1. The average Bonchev–Trinajstić information content (AvgIpc) is 3.24. The maximum Gasteiger partial charge on any atom is 0.259 e. The number of fused-ring (bicyclic) bond motifs is 2. The van der Waals surface area contributed by atoms with Gasteiger partial charge in [0.05, 0.1) is 6.04 Å². The van der Waals surface area contributed by atoms with Crippen LogP contribution in [0.5, 0.6) is 5.75 Å². The first kappa shape index (κ1) is 22.1. The van der Waals surface area contributed by atoms with Crippen LogP contribution in [0.25, 0.3) is 0 Å². The summed E-state index contributed by atoms with van der Waals surface area (Å²) in [5.74, 6) is 0.549. The number of carbonyl (C=O) groups is 3. The zero-order chi connectivity index (χ0) is 23.0. The molecule has 0 spiro atoms. The van der Waals surface area contributed by atoms with Crippen molar-refractivity contribution in [2.45, 2.75) is 52.5 Å². The van der Waals surface area contributed by atoms with E-state index in [1.165, 1.54) is 0 Å². The van der Waals surface area contributed by atoms with Gasteiger partial charge in [-0.2, -0.15) is 0 Å². The number of rotatable bonds is 7. The summed E-state index contributed by atoms with van der Waals surface area (Å²) in [6.07, 6.45) is 7.04. The van der Waals surface area contributed by atoms with E-state index in [4.69, 9.17) is 4.74 Å². The number of benzene rings is 1. The van der Waals surface area contributed by atoms with Crippen molar-refractivity contribution < 1.29 is 19.1 Å². The number of amides is 2. The first-order valence-electron chi connectivity index (χ1n) is 11.3. The summed E-state index contributed by atoms with van der Waals surface area (Å²) >= 11 is 0. The van der Waals surface area contributed by atoms with Gasteiger partial charge in [0.2, 0.25) is 0 Å². The monoisotopic (exact) mass is 434 g/mol. The highest BCUT2D eigenvalue weighted by atomic mass is 16.5. The summed E-state index contributed by atoms with van der Waals surface area (Å²) in [6, 6.07) is 5.50. The molecule has 6 heteroatoms. The van der Waals surface area contributed by atoms with E-state index >= 15 is 0 Å². The Hall–Kier alpha value is -3.15. The quantitative estimate of drug-likeness (QED) is 0.712. The lowest BCUT2D eigenvalue weighted by Crippen LogP contribution is -2.39. The molecular formula is C26H30N2O4. The van der Waals surface area contributed by atoms with Crippen LogP contribution in [0.2, 0.25) is 0 Å². The average molecular weight is 435 g/mol. The molecule has 0 bridgehead atoms. The lowest BCUT2D eigenvalue weighted by molar-refractivity contribution is -0.131. The molecule has 2 amide bonds. The minimum atomic E-state index is -0.381. The van der Waals surface area contributed by atoms with Gasteiger partial charge in [0.15, 0.2) is 12.4 Å². The van der Waals surface area contributed by atoms with E-state index in [9.17, 15) is 14.4 Å². The van der Waals surface area contributed by atoms with E-state index in [1.807, 2.05) is 58.0 Å². The van der Waals surface area contributed by atoms with Crippen LogP contribution >= 0.6 is 0 Å². The molecule has 1 aromatic rings. The molecular weight excluding hydrogens is 404 g/mol. The minimum absolute atomic E-state index is 0.0200. The van der Waals surface area contributed by atoms with Crippen molar-refractivity contribution in [3.05, 3.63) is 64.4 Å². The van der Waals surface area contributed by atoms with E-state index in [0.717, 1.165) is 28.8 Å². The molecule has 2 aliphatic heterocycles. The second-order valence-corrected chi connectivity index (χ2v) is 8.97. The lowest BCUT2D eigenvalue weighted by Gasteiger charge is -2.23.